The Balaban J connectivity index is 2.32. The van der Waals surface area contributed by atoms with Crippen molar-refractivity contribution in [3.8, 4) is 0 Å². The minimum Gasteiger partial charge on any atom is -0.473 e. The normalized spacial score (nSPS) is 10.8. The smallest absolute Gasteiger partial charge is 0.441 e. The number of anilines is 1. The summed E-state index contributed by atoms with van der Waals surface area (Å²) >= 11 is 0. The second-order valence-electron chi connectivity index (χ2n) is 5.31. The summed E-state index contributed by atoms with van der Waals surface area (Å²) in [5, 5.41) is 12.1. The topological polar surface area (TPSA) is 70.1 Å². The lowest BCUT2D eigenvalue weighted by Gasteiger charge is -2.27. The van der Waals surface area contributed by atoms with Gasteiger partial charge in [0.1, 0.15) is 0 Å². The Morgan fingerprint density at radius 2 is 1.67 bits per heavy atom. The maximum Gasteiger partial charge on any atom is 0.441 e. The van der Waals surface area contributed by atoms with Crippen LogP contribution in [-0.2, 0) is 14.4 Å². The Labute approximate surface area is 141 Å². The number of benzene rings is 2. The van der Waals surface area contributed by atoms with Crippen LogP contribution in [0.2, 0.25) is 0 Å². The molecule has 0 saturated carbocycles. The third-order valence-corrected chi connectivity index (χ3v) is 3.92. The van der Waals surface area contributed by atoms with Crippen molar-refractivity contribution in [2.45, 2.75) is 13.8 Å². The molecule has 0 aliphatic carbocycles. The van der Waals surface area contributed by atoms with E-state index in [0.717, 1.165) is 23.9 Å². The molecule has 0 heterocycles. The highest BCUT2D eigenvalue weighted by atomic mass is 16.7. The van der Waals surface area contributed by atoms with Crippen LogP contribution < -0.4 is 5.06 Å². The van der Waals surface area contributed by atoms with Gasteiger partial charge in [0.05, 0.1) is 12.2 Å². The Kier molecular flexibility index (Phi) is 6.14. The number of likely N-dealkylation sites (N-methyl/N-ethyl adjacent to an activating group) is 1. The molecule has 0 saturated heterocycles. The van der Waals surface area contributed by atoms with Gasteiger partial charge in [-0.3, -0.25) is 0 Å². The fourth-order valence-corrected chi connectivity index (χ4v) is 2.55. The number of aliphatic carboxylic acids is 1. The van der Waals surface area contributed by atoms with E-state index in [2.05, 4.69) is 18.7 Å². The molecule has 128 valence electrons. The predicted molar refractivity (Wildman–Crippen MR) is 92.8 cm³/mol. The lowest BCUT2D eigenvalue weighted by Crippen LogP contribution is -2.38. The minimum atomic E-state index is -1.61. The molecule has 0 aliphatic heterocycles. The van der Waals surface area contributed by atoms with E-state index < -0.39 is 11.9 Å². The van der Waals surface area contributed by atoms with Gasteiger partial charge in [-0.1, -0.05) is 50.2 Å². The van der Waals surface area contributed by atoms with Crippen molar-refractivity contribution in [2.24, 2.45) is 0 Å². The van der Waals surface area contributed by atoms with Crippen LogP contribution in [0, 0.1) is 0 Å². The molecule has 0 amide bonds. The van der Waals surface area contributed by atoms with Gasteiger partial charge in [0.25, 0.3) is 0 Å². The van der Waals surface area contributed by atoms with E-state index in [1.165, 1.54) is 5.06 Å². The first-order valence-corrected chi connectivity index (χ1v) is 7.99. The molecule has 0 aromatic heterocycles. The molecule has 0 spiro atoms. The summed E-state index contributed by atoms with van der Waals surface area (Å²) in [4.78, 5) is 29.7. The third kappa shape index (κ3) is 4.23. The number of hydrogen-bond acceptors (Lipinski definition) is 5. The molecular formula is C18H22N2O4. The predicted octanol–water partition coefficient (Wildman–Crippen LogP) is 2.53. The molecule has 2 aromatic carbocycles. The minimum absolute atomic E-state index is 0.384. The molecule has 0 radical (unpaired) electrons. The lowest BCUT2D eigenvalue weighted by molar-refractivity contribution is -0.164. The SMILES string of the molecule is CCN(CC)CCN(OC(=O)C(=O)O)c1cccc2ccccc12. The van der Waals surface area contributed by atoms with Gasteiger partial charge in [-0.2, -0.15) is 0 Å². The van der Waals surface area contributed by atoms with Gasteiger partial charge in [-0.15, -0.1) is 0 Å². The number of carboxylic acids is 1. The number of hydrogen-bond donors (Lipinski definition) is 1. The highest BCUT2D eigenvalue weighted by molar-refractivity contribution is 6.28. The van der Waals surface area contributed by atoms with Crippen molar-refractivity contribution in [1.29, 1.82) is 0 Å². The van der Waals surface area contributed by atoms with Crippen molar-refractivity contribution in [3.05, 3.63) is 42.5 Å². The molecule has 2 rings (SSSR count). The van der Waals surface area contributed by atoms with E-state index in [-0.39, 0.29) is 0 Å². The summed E-state index contributed by atoms with van der Waals surface area (Å²) in [6.45, 7) is 6.88. The fraction of sp³-hybridized carbons (Fsp3) is 0.333. The molecule has 6 heteroatoms. The van der Waals surface area contributed by atoms with Crippen LogP contribution in [-0.4, -0.2) is 48.1 Å². The zero-order chi connectivity index (χ0) is 17.5. The zero-order valence-corrected chi connectivity index (χ0v) is 13.9. The molecular weight excluding hydrogens is 308 g/mol. The maximum absolute atomic E-state index is 11.6. The molecule has 0 aliphatic rings. The van der Waals surface area contributed by atoms with Crippen LogP contribution in [0.4, 0.5) is 5.69 Å². The Morgan fingerprint density at radius 3 is 2.33 bits per heavy atom. The van der Waals surface area contributed by atoms with Crippen LogP contribution in [0.15, 0.2) is 42.5 Å². The molecule has 1 N–H and O–H groups in total. The zero-order valence-electron chi connectivity index (χ0n) is 13.9. The Bertz CT molecular complexity index is 708. The highest BCUT2D eigenvalue weighted by Crippen LogP contribution is 2.27. The van der Waals surface area contributed by atoms with Gasteiger partial charge in [0, 0.05) is 11.9 Å². The number of carboxylic acid groups (broad SMARTS) is 1. The van der Waals surface area contributed by atoms with Gasteiger partial charge in [-0.05, 0) is 24.5 Å². The van der Waals surface area contributed by atoms with Crippen molar-refractivity contribution in [2.75, 3.05) is 31.2 Å². The number of fused-ring (bicyclic) bond motifs is 1. The summed E-state index contributed by atoms with van der Waals surface area (Å²) in [6, 6.07) is 13.3. The summed E-state index contributed by atoms with van der Waals surface area (Å²) < 4.78 is 0. The molecule has 24 heavy (non-hydrogen) atoms. The molecule has 6 nitrogen and oxygen atoms in total. The number of rotatable bonds is 7. The average Bonchev–Trinajstić information content (AvgIpc) is 2.60. The third-order valence-electron chi connectivity index (χ3n) is 3.92. The largest absolute Gasteiger partial charge is 0.473 e. The summed E-state index contributed by atoms with van der Waals surface area (Å²) in [7, 11) is 0. The monoisotopic (exact) mass is 330 g/mol. The number of carbonyl (C=O) groups is 2. The van der Waals surface area contributed by atoms with Crippen molar-refractivity contribution < 1.29 is 19.5 Å². The Morgan fingerprint density at radius 1 is 1.00 bits per heavy atom. The van der Waals surface area contributed by atoms with Gasteiger partial charge < -0.3 is 14.8 Å². The van der Waals surface area contributed by atoms with Gasteiger partial charge >= 0.3 is 11.9 Å². The first kappa shape index (κ1) is 17.7. The van der Waals surface area contributed by atoms with Crippen molar-refractivity contribution in [1.82, 2.24) is 4.90 Å². The summed E-state index contributed by atoms with van der Waals surface area (Å²) in [5.74, 6) is -2.90. The van der Waals surface area contributed by atoms with E-state index >= 15 is 0 Å². The van der Waals surface area contributed by atoms with Gasteiger partial charge in [0.2, 0.25) is 0 Å². The van der Waals surface area contributed by atoms with Crippen LogP contribution in [0.5, 0.6) is 0 Å². The lowest BCUT2D eigenvalue weighted by atomic mass is 10.1. The summed E-state index contributed by atoms with van der Waals surface area (Å²) in [5.41, 5.74) is 0.676. The highest BCUT2D eigenvalue weighted by Gasteiger charge is 2.21. The van der Waals surface area contributed by atoms with Crippen LogP contribution in [0.3, 0.4) is 0 Å². The summed E-state index contributed by atoms with van der Waals surface area (Å²) in [6.07, 6.45) is 0. The standard InChI is InChI=1S/C18H22N2O4/c1-3-19(4-2)12-13-20(24-18(23)17(21)22)16-11-7-9-14-8-5-6-10-15(14)16/h5-11H,3-4,12-13H2,1-2H3,(H,21,22). The second-order valence-corrected chi connectivity index (χ2v) is 5.31. The van der Waals surface area contributed by atoms with E-state index in [4.69, 9.17) is 9.94 Å². The first-order chi connectivity index (χ1) is 11.6. The molecule has 0 fully saturated rings. The quantitative estimate of drug-likeness (QED) is 0.621. The average molecular weight is 330 g/mol. The van der Waals surface area contributed by atoms with E-state index in [0.29, 0.717) is 18.8 Å². The van der Waals surface area contributed by atoms with E-state index in [1.54, 1.807) is 0 Å². The van der Waals surface area contributed by atoms with E-state index in [9.17, 15) is 9.59 Å². The van der Waals surface area contributed by atoms with Gasteiger partial charge in [-0.25, -0.2) is 14.7 Å². The number of carbonyl (C=O) groups excluding carboxylic acids is 1. The maximum atomic E-state index is 11.6. The van der Waals surface area contributed by atoms with Crippen LogP contribution in [0.25, 0.3) is 10.8 Å². The fourth-order valence-electron chi connectivity index (χ4n) is 2.55. The number of nitrogens with zero attached hydrogens (tertiary/aromatic N) is 2. The van der Waals surface area contributed by atoms with Crippen molar-refractivity contribution in [3.63, 3.8) is 0 Å². The van der Waals surface area contributed by atoms with Crippen LogP contribution >= 0.6 is 0 Å². The molecule has 0 bridgehead atoms. The van der Waals surface area contributed by atoms with Crippen molar-refractivity contribution >= 4 is 28.4 Å². The second kappa shape index (κ2) is 8.31. The Hall–Kier alpha value is -2.60. The molecule has 2 aromatic rings. The number of hydroxylamine groups is 1. The molecule has 0 atom stereocenters. The van der Waals surface area contributed by atoms with Gasteiger partial charge in [0.15, 0.2) is 0 Å². The molecule has 0 unspecified atom stereocenters. The van der Waals surface area contributed by atoms with E-state index in [1.807, 2.05) is 42.5 Å². The van der Waals surface area contributed by atoms with Crippen LogP contribution in [0.1, 0.15) is 13.8 Å². The first-order valence-electron chi connectivity index (χ1n) is 7.99.